The van der Waals surface area contributed by atoms with Crippen LogP contribution >= 0.6 is 0 Å². The highest BCUT2D eigenvalue weighted by atomic mass is 32.2. The summed E-state index contributed by atoms with van der Waals surface area (Å²) in [6.07, 6.45) is 1.26. The van der Waals surface area contributed by atoms with E-state index in [0.29, 0.717) is 12.8 Å². The van der Waals surface area contributed by atoms with E-state index >= 15 is 0 Å². The molecule has 4 atom stereocenters. The summed E-state index contributed by atoms with van der Waals surface area (Å²) >= 11 is -5.26. The highest BCUT2D eigenvalue weighted by Crippen LogP contribution is 2.24. The summed E-state index contributed by atoms with van der Waals surface area (Å²) in [5.74, 6) is 0. The van der Waals surface area contributed by atoms with Crippen molar-refractivity contribution < 1.29 is 25.9 Å². The Hall–Kier alpha value is 0.140. The van der Waals surface area contributed by atoms with Gasteiger partial charge in [-0.15, -0.1) is 0 Å². The van der Waals surface area contributed by atoms with Crippen molar-refractivity contribution >= 4 is 22.7 Å². The highest BCUT2D eigenvalue weighted by Gasteiger charge is 2.27. The summed E-state index contributed by atoms with van der Waals surface area (Å²) in [6, 6.07) is 0. The van der Waals surface area contributed by atoms with Crippen molar-refractivity contribution in [2.24, 2.45) is 0 Å². The van der Waals surface area contributed by atoms with Crippen LogP contribution in [0.1, 0.15) is 25.7 Å². The van der Waals surface area contributed by atoms with Crippen molar-refractivity contribution in [3.63, 3.8) is 0 Å². The topological polar surface area (TPSA) is 98.7 Å². The Morgan fingerprint density at radius 3 is 1.57 bits per heavy atom. The third kappa shape index (κ3) is 4.11. The van der Waals surface area contributed by atoms with E-state index in [4.69, 9.17) is 0 Å². The molecule has 1 fully saturated rings. The lowest BCUT2D eigenvalue weighted by Crippen LogP contribution is -2.35. The van der Waals surface area contributed by atoms with Crippen LogP contribution in [0.15, 0.2) is 0 Å². The van der Waals surface area contributed by atoms with E-state index in [0.717, 1.165) is 12.8 Å². The molecule has 1 aliphatic rings. The summed E-state index contributed by atoms with van der Waals surface area (Å²) in [4.78, 5) is 0. The Bertz CT molecular complexity index is 208. The molecule has 4 unspecified atom stereocenters. The summed E-state index contributed by atoms with van der Waals surface area (Å²) in [5.41, 5.74) is 0. The largest absolute Gasteiger partial charge is 0.750 e. The molecule has 1 saturated carbocycles. The van der Waals surface area contributed by atoms with Gasteiger partial charge in [0, 0.05) is 0 Å². The van der Waals surface area contributed by atoms with Gasteiger partial charge in [0.2, 0.25) is 0 Å². The minimum Gasteiger partial charge on any atom is -0.750 e. The first-order chi connectivity index (χ1) is 6.59. The van der Waals surface area contributed by atoms with Gasteiger partial charge in [0.1, 0.15) is 12.2 Å². The summed E-state index contributed by atoms with van der Waals surface area (Å²) < 4.78 is 50.1. The van der Waals surface area contributed by atoms with Crippen LogP contribution < -0.4 is 0 Å². The standard InChI is InChI=1S/C6H12O6S2/c7-13(8)11-5-3-1-2-4-6(5)12-14(9)10/h5-6H,1-4H2,(H,7,8)(H,9,10)/p-2. The molecule has 0 spiro atoms. The molecule has 0 aliphatic heterocycles. The third-order valence-electron chi connectivity index (χ3n) is 2.05. The molecule has 0 aromatic heterocycles. The molecule has 84 valence electrons. The SMILES string of the molecule is O=S([O-])OC1CCCCC1OS(=O)[O-]. The first-order valence-corrected chi connectivity index (χ1v) is 6.12. The quantitative estimate of drug-likeness (QED) is 0.639. The van der Waals surface area contributed by atoms with Crippen LogP contribution in [-0.2, 0) is 31.1 Å². The molecule has 0 aromatic carbocycles. The van der Waals surface area contributed by atoms with Gasteiger partial charge in [-0.3, -0.25) is 8.37 Å². The molecule has 1 aliphatic carbocycles. The average molecular weight is 242 g/mol. The first-order valence-electron chi connectivity index (χ1n) is 4.12. The van der Waals surface area contributed by atoms with Gasteiger partial charge in [0.25, 0.3) is 0 Å². The van der Waals surface area contributed by atoms with Crippen LogP contribution in [-0.4, -0.2) is 29.7 Å². The maximum Gasteiger partial charge on any atom is 0.101 e. The van der Waals surface area contributed by atoms with Crippen LogP contribution in [0.2, 0.25) is 0 Å². The fourth-order valence-corrected chi connectivity index (χ4v) is 2.33. The zero-order chi connectivity index (χ0) is 10.6. The van der Waals surface area contributed by atoms with Gasteiger partial charge in [0.05, 0.1) is 22.7 Å². The lowest BCUT2D eigenvalue weighted by molar-refractivity contribution is 0.0278. The minimum absolute atomic E-state index is 0.496. The molecule has 0 amide bonds. The van der Waals surface area contributed by atoms with Crippen LogP contribution in [0.4, 0.5) is 0 Å². The molecule has 6 nitrogen and oxygen atoms in total. The van der Waals surface area contributed by atoms with Gasteiger partial charge >= 0.3 is 0 Å². The van der Waals surface area contributed by atoms with Crippen molar-refractivity contribution in [2.45, 2.75) is 37.9 Å². The third-order valence-corrected chi connectivity index (χ3v) is 2.85. The first kappa shape index (κ1) is 12.2. The van der Waals surface area contributed by atoms with E-state index in [1.165, 1.54) is 0 Å². The second kappa shape index (κ2) is 5.89. The Kier molecular flexibility index (Phi) is 5.13. The van der Waals surface area contributed by atoms with E-state index in [2.05, 4.69) is 8.37 Å². The highest BCUT2D eigenvalue weighted by molar-refractivity contribution is 7.74. The Morgan fingerprint density at radius 2 is 1.29 bits per heavy atom. The number of rotatable bonds is 4. The molecule has 1 rings (SSSR count). The molecule has 0 bridgehead atoms. The van der Waals surface area contributed by atoms with Gasteiger partial charge in [-0.25, -0.2) is 8.42 Å². The van der Waals surface area contributed by atoms with Crippen LogP contribution in [0.3, 0.4) is 0 Å². The zero-order valence-electron chi connectivity index (χ0n) is 7.25. The molecule has 0 saturated heterocycles. The smallest absolute Gasteiger partial charge is 0.101 e. The van der Waals surface area contributed by atoms with Crippen LogP contribution in [0.5, 0.6) is 0 Å². The lowest BCUT2D eigenvalue weighted by Gasteiger charge is -2.31. The lowest BCUT2D eigenvalue weighted by atomic mass is 9.95. The normalized spacial score (nSPS) is 32.4. The number of hydrogen-bond donors (Lipinski definition) is 0. The maximum atomic E-state index is 10.3. The van der Waals surface area contributed by atoms with E-state index in [9.17, 15) is 17.5 Å². The minimum atomic E-state index is -2.63. The predicted molar refractivity (Wildman–Crippen MR) is 46.1 cm³/mol. The van der Waals surface area contributed by atoms with Gasteiger partial charge in [-0.05, 0) is 12.8 Å². The Morgan fingerprint density at radius 1 is 0.929 bits per heavy atom. The Balaban J connectivity index is 2.49. The maximum absolute atomic E-state index is 10.3. The molecule has 0 N–H and O–H groups in total. The molecule has 0 aromatic rings. The molecular formula is C6H10O6S2-2. The van der Waals surface area contributed by atoms with E-state index in [1.54, 1.807) is 0 Å². The molecule has 14 heavy (non-hydrogen) atoms. The monoisotopic (exact) mass is 242 g/mol. The van der Waals surface area contributed by atoms with Crippen molar-refractivity contribution in [3.8, 4) is 0 Å². The summed E-state index contributed by atoms with van der Waals surface area (Å²) in [5, 5.41) is 0. The van der Waals surface area contributed by atoms with E-state index < -0.39 is 34.9 Å². The second-order valence-corrected chi connectivity index (χ2v) is 4.16. The number of hydrogen-bond acceptors (Lipinski definition) is 6. The average Bonchev–Trinajstić information content (AvgIpc) is 2.06. The molecule has 8 heteroatoms. The van der Waals surface area contributed by atoms with Gasteiger partial charge in [-0.2, -0.15) is 0 Å². The van der Waals surface area contributed by atoms with Crippen molar-refractivity contribution in [1.29, 1.82) is 0 Å². The summed E-state index contributed by atoms with van der Waals surface area (Å²) in [6.45, 7) is 0. The van der Waals surface area contributed by atoms with E-state index in [1.807, 2.05) is 0 Å². The molecule has 0 heterocycles. The molecule has 0 radical (unpaired) electrons. The fraction of sp³-hybridized carbons (Fsp3) is 1.00. The second-order valence-electron chi connectivity index (χ2n) is 2.96. The van der Waals surface area contributed by atoms with Crippen LogP contribution in [0.25, 0.3) is 0 Å². The van der Waals surface area contributed by atoms with Gasteiger partial charge in [-0.1, -0.05) is 12.8 Å². The van der Waals surface area contributed by atoms with Crippen molar-refractivity contribution in [3.05, 3.63) is 0 Å². The van der Waals surface area contributed by atoms with Gasteiger partial charge in [0.15, 0.2) is 0 Å². The van der Waals surface area contributed by atoms with Crippen LogP contribution in [0, 0.1) is 0 Å². The van der Waals surface area contributed by atoms with Crippen molar-refractivity contribution in [2.75, 3.05) is 0 Å². The van der Waals surface area contributed by atoms with E-state index in [-0.39, 0.29) is 0 Å². The predicted octanol–water partition coefficient (Wildman–Crippen LogP) is -0.0810. The van der Waals surface area contributed by atoms with Crippen molar-refractivity contribution in [1.82, 2.24) is 0 Å². The fourth-order valence-electron chi connectivity index (χ4n) is 1.48. The molecular weight excluding hydrogens is 232 g/mol. The van der Waals surface area contributed by atoms with Gasteiger partial charge < -0.3 is 9.11 Å². The zero-order valence-corrected chi connectivity index (χ0v) is 8.88. The Labute approximate surface area is 87.0 Å². The summed E-state index contributed by atoms with van der Waals surface area (Å²) in [7, 11) is 0.